The molecule has 0 aliphatic carbocycles. The van der Waals surface area contributed by atoms with Gasteiger partial charge in [-0.15, -0.1) is 0 Å². The molecule has 0 radical (unpaired) electrons. The molecule has 0 bridgehead atoms. The average molecular weight is 354 g/mol. The molecule has 0 aliphatic heterocycles. The second-order valence-corrected chi connectivity index (χ2v) is 6.21. The molecule has 0 spiro atoms. The van der Waals surface area contributed by atoms with E-state index in [4.69, 9.17) is 28.2 Å². The fourth-order valence-electron chi connectivity index (χ4n) is 2.79. The van der Waals surface area contributed by atoms with E-state index < -0.39 is 0 Å². The average Bonchev–Trinajstić information content (AvgIpc) is 2.96. The number of imidazole rings is 1. The van der Waals surface area contributed by atoms with E-state index in [-0.39, 0.29) is 0 Å². The van der Waals surface area contributed by atoms with Gasteiger partial charge in [0.25, 0.3) is 0 Å². The minimum atomic E-state index is 0.438. The van der Waals surface area contributed by atoms with Gasteiger partial charge in [-0.1, -0.05) is 53.5 Å². The maximum atomic E-state index is 6.35. The number of benzene rings is 2. The largest absolute Gasteiger partial charge is 0.319 e. The van der Waals surface area contributed by atoms with E-state index in [9.17, 15) is 0 Å². The molecule has 2 heterocycles. The molecular weight excluding hydrogens is 341 g/mol. The lowest BCUT2D eigenvalue weighted by Crippen LogP contribution is -2.03. The standard InChI is InChI=1S/C19H13Cl2N3/c20-15-8-2-1-6-13(15)12-24-17-10-4-3-9-16(17)23-19(24)14-7-5-11-22-18(14)21/h1-11H,12H2. The molecule has 0 atom stereocenters. The number of rotatable bonds is 3. The van der Waals surface area contributed by atoms with Gasteiger partial charge in [0, 0.05) is 11.2 Å². The van der Waals surface area contributed by atoms with Gasteiger partial charge < -0.3 is 4.57 Å². The first kappa shape index (κ1) is 15.2. The van der Waals surface area contributed by atoms with Crippen molar-refractivity contribution in [2.75, 3.05) is 0 Å². The minimum Gasteiger partial charge on any atom is -0.319 e. The summed E-state index contributed by atoms with van der Waals surface area (Å²) >= 11 is 12.7. The van der Waals surface area contributed by atoms with Crippen molar-refractivity contribution in [3.05, 3.63) is 82.6 Å². The van der Waals surface area contributed by atoms with Crippen molar-refractivity contribution in [2.45, 2.75) is 6.54 Å². The van der Waals surface area contributed by atoms with Crippen molar-refractivity contribution < 1.29 is 0 Å². The summed E-state index contributed by atoms with van der Waals surface area (Å²) in [6, 6.07) is 19.6. The van der Waals surface area contributed by atoms with Crippen LogP contribution in [-0.4, -0.2) is 14.5 Å². The molecule has 0 amide bonds. The zero-order valence-electron chi connectivity index (χ0n) is 12.7. The molecule has 5 heteroatoms. The minimum absolute atomic E-state index is 0.438. The van der Waals surface area contributed by atoms with Gasteiger partial charge in [0.05, 0.1) is 23.1 Å². The van der Waals surface area contributed by atoms with E-state index in [1.165, 1.54) is 0 Å². The van der Waals surface area contributed by atoms with Gasteiger partial charge in [-0.05, 0) is 35.9 Å². The molecule has 3 nitrogen and oxygen atoms in total. The highest BCUT2D eigenvalue weighted by Gasteiger charge is 2.16. The Morgan fingerprint density at radius 1 is 0.875 bits per heavy atom. The Balaban J connectivity index is 1.94. The summed E-state index contributed by atoms with van der Waals surface area (Å²) < 4.78 is 2.12. The van der Waals surface area contributed by atoms with Crippen molar-refractivity contribution >= 4 is 34.2 Å². The maximum Gasteiger partial charge on any atom is 0.144 e. The van der Waals surface area contributed by atoms with Gasteiger partial charge in [0.2, 0.25) is 0 Å². The molecule has 0 saturated carbocycles. The number of hydrogen-bond acceptors (Lipinski definition) is 2. The molecule has 0 aliphatic rings. The van der Waals surface area contributed by atoms with Crippen LogP contribution in [0.3, 0.4) is 0 Å². The molecule has 2 aromatic carbocycles. The van der Waals surface area contributed by atoms with Crippen molar-refractivity contribution in [3.63, 3.8) is 0 Å². The Kier molecular flexibility index (Phi) is 3.97. The van der Waals surface area contributed by atoms with E-state index in [1.807, 2.05) is 60.7 Å². The molecule has 118 valence electrons. The number of halogens is 2. The first-order valence-electron chi connectivity index (χ1n) is 7.53. The Hall–Kier alpha value is -2.36. The molecule has 4 rings (SSSR count). The van der Waals surface area contributed by atoms with Crippen molar-refractivity contribution in [2.24, 2.45) is 0 Å². The zero-order valence-corrected chi connectivity index (χ0v) is 14.2. The fraction of sp³-hybridized carbons (Fsp3) is 0.0526. The third-order valence-electron chi connectivity index (χ3n) is 3.94. The van der Waals surface area contributed by atoms with Crippen molar-refractivity contribution in [1.82, 2.24) is 14.5 Å². The molecule has 0 unspecified atom stereocenters. The Bertz CT molecular complexity index is 1020. The normalized spacial score (nSPS) is 11.1. The van der Waals surface area contributed by atoms with Crippen LogP contribution in [0.5, 0.6) is 0 Å². The SMILES string of the molecule is Clc1ccccc1Cn1c(-c2cccnc2Cl)nc2ccccc21. The predicted octanol–water partition coefficient (Wildman–Crippen LogP) is 5.45. The Morgan fingerprint density at radius 2 is 1.67 bits per heavy atom. The summed E-state index contributed by atoms with van der Waals surface area (Å²) in [5, 5.41) is 1.17. The lowest BCUT2D eigenvalue weighted by atomic mass is 10.2. The summed E-state index contributed by atoms with van der Waals surface area (Å²) in [5.74, 6) is 0.786. The summed E-state index contributed by atoms with van der Waals surface area (Å²) in [6.45, 7) is 0.612. The molecule has 0 saturated heterocycles. The smallest absolute Gasteiger partial charge is 0.144 e. The number of pyridine rings is 1. The molecule has 2 aromatic heterocycles. The lowest BCUT2D eigenvalue weighted by Gasteiger charge is -2.11. The van der Waals surface area contributed by atoms with Gasteiger partial charge in [-0.2, -0.15) is 0 Å². The van der Waals surface area contributed by atoms with Crippen LogP contribution in [0, 0.1) is 0 Å². The van der Waals surface area contributed by atoms with E-state index in [0.29, 0.717) is 11.7 Å². The maximum absolute atomic E-state index is 6.35. The summed E-state index contributed by atoms with van der Waals surface area (Å²) in [5.41, 5.74) is 3.79. The van der Waals surface area contributed by atoms with Crippen molar-refractivity contribution in [1.29, 1.82) is 0 Å². The van der Waals surface area contributed by atoms with Crippen LogP contribution in [0.15, 0.2) is 66.9 Å². The number of hydrogen-bond donors (Lipinski definition) is 0. The van der Waals surface area contributed by atoms with Crippen LogP contribution < -0.4 is 0 Å². The van der Waals surface area contributed by atoms with E-state index in [0.717, 1.165) is 33.0 Å². The number of nitrogens with zero attached hydrogens (tertiary/aromatic N) is 3. The topological polar surface area (TPSA) is 30.7 Å². The predicted molar refractivity (Wildman–Crippen MR) is 98.5 cm³/mol. The lowest BCUT2D eigenvalue weighted by molar-refractivity contribution is 0.834. The fourth-order valence-corrected chi connectivity index (χ4v) is 3.19. The van der Waals surface area contributed by atoms with E-state index >= 15 is 0 Å². The van der Waals surface area contributed by atoms with E-state index in [1.54, 1.807) is 6.20 Å². The molecular formula is C19H13Cl2N3. The highest BCUT2D eigenvalue weighted by Crippen LogP contribution is 2.30. The Morgan fingerprint density at radius 3 is 2.50 bits per heavy atom. The van der Waals surface area contributed by atoms with E-state index in [2.05, 4.69) is 9.55 Å². The Labute approximate surface area is 149 Å². The quantitative estimate of drug-likeness (QED) is 0.458. The van der Waals surface area contributed by atoms with Crippen LogP contribution >= 0.6 is 23.2 Å². The highest BCUT2D eigenvalue weighted by molar-refractivity contribution is 6.32. The number of aromatic nitrogens is 3. The van der Waals surface area contributed by atoms with Crippen LogP contribution in [0.2, 0.25) is 10.2 Å². The van der Waals surface area contributed by atoms with Gasteiger partial charge in [-0.25, -0.2) is 9.97 Å². The van der Waals surface area contributed by atoms with Crippen LogP contribution in [0.4, 0.5) is 0 Å². The highest BCUT2D eigenvalue weighted by atomic mass is 35.5. The third kappa shape index (κ3) is 2.66. The summed E-state index contributed by atoms with van der Waals surface area (Å²) in [7, 11) is 0. The summed E-state index contributed by atoms with van der Waals surface area (Å²) in [6.07, 6.45) is 1.67. The van der Waals surface area contributed by atoms with Crippen LogP contribution in [0.25, 0.3) is 22.4 Å². The van der Waals surface area contributed by atoms with Gasteiger partial charge in [-0.3, -0.25) is 0 Å². The first-order chi connectivity index (χ1) is 11.7. The van der Waals surface area contributed by atoms with Gasteiger partial charge >= 0.3 is 0 Å². The number of fused-ring (bicyclic) bond motifs is 1. The first-order valence-corrected chi connectivity index (χ1v) is 8.29. The van der Waals surface area contributed by atoms with Crippen LogP contribution in [-0.2, 0) is 6.54 Å². The molecule has 0 fully saturated rings. The monoisotopic (exact) mass is 353 g/mol. The zero-order chi connectivity index (χ0) is 16.5. The van der Waals surface area contributed by atoms with Gasteiger partial charge in [0.1, 0.15) is 11.0 Å². The summed E-state index contributed by atoms with van der Waals surface area (Å²) in [4.78, 5) is 8.94. The third-order valence-corrected chi connectivity index (χ3v) is 4.61. The molecule has 4 aromatic rings. The number of para-hydroxylation sites is 2. The molecule has 24 heavy (non-hydrogen) atoms. The second-order valence-electron chi connectivity index (χ2n) is 5.44. The van der Waals surface area contributed by atoms with Crippen molar-refractivity contribution in [3.8, 4) is 11.4 Å². The van der Waals surface area contributed by atoms with Crippen LogP contribution in [0.1, 0.15) is 5.56 Å². The van der Waals surface area contributed by atoms with Gasteiger partial charge in [0.15, 0.2) is 0 Å². The molecule has 0 N–H and O–H groups in total. The second kappa shape index (κ2) is 6.27.